The van der Waals surface area contributed by atoms with Gasteiger partial charge in [0.1, 0.15) is 19.3 Å². The molecule has 3 unspecified atom stereocenters. The molecule has 0 amide bonds. The van der Waals surface area contributed by atoms with E-state index in [-0.39, 0.29) is 25.7 Å². The monoisotopic (exact) mass is 1620 g/mol. The van der Waals surface area contributed by atoms with Gasteiger partial charge in [-0.1, -0.05) is 440 Å². The number of aliphatic hydroxyl groups excluding tert-OH is 1. The summed E-state index contributed by atoms with van der Waals surface area (Å²) in [7, 11) is -9.94. The molecule has 0 aliphatic rings. The molecular weight excluding hydrogens is 1440 g/mol. The molecule has 0 aromatic rings. The molecule has 0 saturated carbocycles. The Labute approximate surface area is 683 Å². The highest BCUT2D eigenvalue weighted by Gasteiger charge is 2.31. The first-order chi connectivity index (χ1) is 53.8. The molecule has 0 aliphatic carbocycles. The maximum absolute atomic E-state index is 13.2. The molecule has 111 heavy (non-hydrogen) atoms. The van der Waals surface area contributed by atoms with Crippen LogP contribution in [0.4, 0.5) is 0 Å². The maximum atomic E-state index is 13.2. The summed E-state index contributed by atoms with van der Waals surface area (Å²) in [4.78, 5) is 73.4. The van der Waals surface area contributed by atoms with Crippen LogP contribution >= 0.6 is 15.6 Å². The topological polar surface area (TPSA) is 237 Å². The van der Waals surface area contributed by atoms with Crippen LogP contribution in [0.3, 0.4) is 0 Å². The summed E-state index contributed by atoms with van der Waals surface area (Å²) >= 11 is 0. The van der Waals surface area contributed by atoms with Crippen molar-refractivity contribution in [2.45, 2.75) is 510 Å². The summed E-state index contributed by atoms with van der Waals surface area (Å²) in [5, 5.41) is 10.7. The number of phosphoric ester groups is 2. The maximum Gasteiger partial charge on any atom is 0.472 e. The largest absolute Gasteiger partial charge is 0.472 e. The third kappa shape index (κ3) is 84.3. The fraction of sp³-hybridized carbons (Fsp3) is 0.957. The van der Waals surface area contributed by atoms with Crippen LogP contribution in [-0.2, 0) is 65.4 Å². The van der Waals surface area contributed by atoms with Crippen LogP contribution in [0, 0.1) is 17.8 Å². The minimum atomic E-state index is -4.97. The second kappa shape index (κ2) is 81.8. The molecule has 0 aliphatic heterocycles. The number of rotatable bonds is 90. The van der Waals surface area contributed by atoms with Gasteiger partial charge in [-0.2, -0.15) is 0 Å². The summed E-state index contributed by atoms with van der Waals surface area (Å²) in [6.07, 6.45) is 75.1. The molecule has 0 bridgehead atoms. The van der Waals surface area contributed by atoms with E-state index in [1.165, 1.54) is 302 Å². The molecule has 17 nitrogen and oxygen atoms in total. The fourth-order valence-corrected chi connectivity index (χ4v) is 16.0. The van der Waals surface area contributed by atoms with Gasteiger partial charge in [0.2, 0.25) is 0 Å². The Bertz CT molecular complexity index is 2130. The molecular formula is C92H180O17P2. The van der Waals surface area contributed by atoms with Crippen molar-refractivity contribution < 1.29 is 80.2 Å². The van der Waals surface area contributed by atoms with Gasteiger partial charge in [0, 0.05) is 25.7 Å². The highest BCUT2D eigenvalue weighted by atomic mass is 31.2. The first-order valence-corrected chi connectivity index (χ1v) is 50.4. The Morgan fingerprint density at radius 2 is 0.459 bits per heavy atom. The zero-order valence-electron chi connectivity index (χ0n) is 73.4. The summed E-state index contributed by atoms with van der Waals surface area (Å²) in [6.45, 7) is 12.1. The van der Waals surface area contributed by atoms with E-state index >= 15 is 0 Å². The molecule has 0 spiro atoms. The predicted molar refractivity (Wildman–Crippen MR) is 460 cm³/mol. The van der Waals surface area contributed by atoms with E-state index in [2.05, 4.69) is 48.5 Å². The Morgan fingerprint density at radius 1 is 0.261 bits per heavy atom. The van der Waals surface area contributed by atoms with E-state index in [4.69, 9.17) is 37.0 Å². The highest BCUT2D eigenvalue weighted by Crippen LogP contribution is 2.45. The number of unbranched alkanes of at least 4 members (excludes halogenated alkanes) is 57. The molecule has 0 saturated heterocycles. The predicted octanol–water partition coefficient (Wildman–Crippen LogP) is 28.4. The summed E-state index contributed by atoms with van der Waals surface area (Å²) < 4.78 is 69.1. The van der Waals surface area contributed by atoms with Gasteiger partial charge in [0.15, 0.2) is 12.2 Å². The number of ether oxygens (including phenoxy) is 4. The first kappa shape index (κ1) is 109. The SMILES string of the molecule is CCCCCCCCCCCCCCCCCCCCCCCCC(=O)OC[C@H](COP(=O)(O)OC[C@@H](O)COP(=O)(O)OC[C@@H](COC(=O)CCCCCCCCCCCC(C)C)OC(=O)CCCCCCCCCCCCCCC(C)C)OC(=O)CCCCCCCCCCCCCCCCCCCCC(C)CC. The fourth-order valence-electron chi connectivity index (χ4n) is 14.4. The van der Waals surface area contributed by atoms with Crippen molar-refractivity contribution in [3.8, 4) is 0 Å². The van der Waals surface area contributed by atoms with Crippen molar-refractivity contribution in [1.29, 1.82) is 0 Å². The molecule has 660 valence electrons. The van der Waals surface area contributed by atoms with Crippen LogP contribution in [0.25, 0.3) is 0 Å². The van der Waals surface area contributed by atoms with Gasteiger partial charge < -0.3 is 33.8 Å². The van der Waals surface area contributed by atoms with E-state index in [0.717, 1.165) is 108 Å². The number of carbonyl (C=O) groups is 4. The van der Waals surface area contributed by atoms with E-state index in [0.29, 0.717) is 25.7 Å². The quantitative estimate of drug-likeness (QED) is 0.0222. The summed E-state index contributed by atoms with van der Waals surface area (Å²) in [5.41, 5.74) is 0. The Morgan fingerprint density at radius 3 is 0.685 bits per heavy atom. The van der Waals surface area contributed by atoms with E-state index in [9.17, 15) is 43.2 Å². The van der Waals surface area contributed by atoms with Gasteiger partial charge in [-0.05, 0) is 43.4 Å². The van der Waals surface area contributed by atoms with Crippen molar-refractivity contribution in [2.24, 2.45) is 17.8 Å². The van der Waals surface area contributed by atoms with Crippen LogP contribution in [-0.4, -0.2) is 96.7 Å². The minimum absolute atomic E-state index is 0.107. The lowest BCUT2D eigenvalue weighted by Gasteiger charge is -2.21. The number of hydrogen-bond acceptors (Lipinski definition) is 15. The van der Waals surface area contributed by atoms with Gasteiger partial charge in [0.05, 0.1) is 26.4 Å². The van der Waals surface area contributed by atoms with Crippen LogP contribution in [0.2, 0.25) is 0 Å². The summed E-state index contributed by atoms with van der Waals surface area (Å²) in [6, 6.07) is 0. The zero-order valence-corrected chi connectivity index (χ0v) is 75.2. The number of phosphoric acid groups is 2. The van der Waals surface area contributed by atoms with Crippen molar-refractivity contribution >= 4 is 39.5 Å². The molecule has 3 N–H and O–H groups in total. The number of carbonyl (C=O) groups excluding carboxylic acids is 4. The van der Waals surface area contributed by atoms with E-state index in [1.807, 2.05) is 0 Å². The number of hydrogen-bond donors (Lipinski definition) is 3. The third-order valence-electron chi connectivity index (χ3n) is 22.0. The lowest BCUT2D eigenvalue weighted by molar-refractivity contribution is -0.161. The van der Waals surface area contributed by atoms with Crippen LogP contribution in [0.5, 0.6) is 0 Å². The van der Waals surface area contributed by atoms with Gasteiger partial charge >= 0.3 is 39.5 Å². The van der Waals surface area contributed by atoms with Gasteiger partial charge in [-0.3, -0.25) is 37.3 Å². The van der Waals surface area contributed by atoms with Crippen molar-refractivity contribution in [1.82, 2.24) is 0 Å². The van der Waals surface area contributed by atoms with Crippen molar-refractivity contribution in [3.05, 3.63) is 0 Å². The highest BCUT2D eigenvalue weighted by molar-refractivity contribution is 7.47. The van der Waals surface area contributed by atoms with Gasteiger partial charge in [-0.25, -0.2) is 9.13 Å². The average Bonchev–Trinajstić information content (AvgIpc) is 0.894. The molecule has 6 atom stereocenters. The molecule has 0 aromatic carbocycles. The van der Waals surface area contributed by atoms with Crippen molar-refractivity contribution in [2.75, 3.05) is 39.6 Å². The van der Waals surface area contributed by atoms with E-state index < -0.39 is 97.5 Å². The second-order valence-corrected chi connectivity index (χ2v) is 37.2. The number of aliphatic hydroxyl groups is 1. The van der Waals surface area contributed by atoms with Crippen molar-refractivity contribution in [3.63, 3.8) is 0 Å². The molecule has 0 rings (SSSR count). The normalized spacial score (nSPS) is 14.0. The van der Waals surface area contributed by atoms with E-state index in [1.54, 1.807) is 0 Å². The smallest absolute Gasteiger partial charge is 0.462 e. The third-order valence-corrected chi connectivity index (χ3v) is 23.9. The number of esters is 4. The second-order valence-electron chi connectivity index (χ2n) is 34.2. The molecule has 0 radical (unpaired) electrons. The zero-order chi connectivity index (χ0) is 81.5. The van der Waals surface area contributed by atoms with Crippen LogP contribution < -0.4 is 0 Å². The van der Waals surface area contributed by atoms with Gasteiger partial charge in [-0.15, -0.1) is 0 Å². The standard InChI is InChI=1S/C92H180O17P2/c1-8-10-11-12-13-14-15-16-17-18-19-20-21-22-26-29-32-38-45-52-59-66-73-89(94)102-79-87(108-91(96)75-68-61-54-46-39-33-30-27-24-23-25-28-31-37-44-51-58-65-72-85(7)9-2)81-106-110(98,99)104-77-86(93)78-105-111(100,101)107-82-88(80-103-90(95)74-67-60-53-48-41-43-50-57-64-71-84(5)6)109-92(97)76-69-62-55-47-40-35-34-36-42-49-56-63-70-83(3)4/h83-88,93H,8-82H2,1-7H3,(H,98,99)(H,100,101)/t85?,86-,87-,88-/m1/s1. The molecule has 0 fully saturated rings. The average molecular weight is 1620 g/mol. The Hall–Kier alpha value is -1.94. The first-order valence-electron chi connectivity index (χ1n) is 47.4. The summed E-state index contributed by atoms with van der Waals surface area (Å²) in [5.74, 6) is 0.292. The van der Waals surface area contributed by atoms with Gasteiger partial charge in [0.25, 0.3) is 0 Å². The Kier molecular flexibility index (Phi) is 80.4. The lowest BCUT2D eigenvalue weighted by atomic mass is 9.99. The minimum Gasteiger partial charge on any atom is -0.462 e. The lowest BCUT2D eigenvalue weighted by Crippen LogP contribution is -2.30. The Balaban J connectivity index is 5.23. The molecule has 0 heterocycles. The molecule has 0 aromatic heterocycles. The van der Waals surface area contributed by atoms with Crippen LogP contribution in [0.15, 0.2) is 0 Å². The molecule has 19 heteroatoms. The van der Waals surface area contributed by atoms with Crippen LogP contribution in [0.1, 0.15) is 492 Å².